The molecule has 1 fully saturated rings. The molecule has 1 amide bonds. The van der Waals surface area contributed by atoms with E-state index < -0.39 is 5.84 Å². The SMILES string of the molecule is N#C/C(=N\Nc1ccc(NC(=O)CN2CCOCC2)cc1)C(=N)N. The van der Waals surface area contributed by atoms with E-state index in [-0.39, 0.29) is 11.6 Å². The van der Waals surface area contributed by atoms with E-state index in [1.54, 1.807) is 30.3 Å². The van der Waals surface area contributed by atoms with Gasteiger partial charge < -0.3 is 15.8 Å². The first-order valence-corrected chi connectivity index (χ1v) is 7.36. The Hall–Kier alpha value is -2.96. The third-order valence-electron chi connectivity index (χ3n) is 3.30. The summed E-state index contributed by atoms with van der Waals surface area (Å²) < 4.78 is 5.24. The summed E-state index contributed by atoms with van der Waals surface area (Å²) in [6.45, 7) is 3.15. The van der Waals surface area contributed by atoms with Gasteiger partial charge in [0.25, 0.3) is 0 Å². The van der Waals surface area contributed by atoms with Crippen LogP contribution in [-0.4, -0.2) is 55.2 Å². The number of hydrogen-bond acceptors (Lipinski definition) is 7. The molecular weight excluding hydrogens is 310 g/mol. The van der Waals surface area contributed by atoms with Crippen molar-refractivity contribution in [2.45, 2.75) is 0 Å². The number of amidine groups is 1. The standard InChI is InChI=1S/C15H19N7O2/c16-9-13(15(17)18)21-20-12-3-1-11(2-4-12)19-14(23)10-22-5-7-24-8-6-22/h1-4,20H,5-8,10H2,(H3,17,18)(H,19,23)/b21-13+. The number of amides is 1. The van der Waals surface area contributed by atoms with Gasteiger partial charge in [0.2, 0.25) is 11.6 Å². The van der Waals surface area contributed by atoms with Crippen molar-refractivity contribution in [2.24, 2.45) is 10.8 Å². The maximum atomic E-state index is 12.0. The van der Waals surface area contributed by atoms with Gasteiger partial charge >= 0.3 is 0 Å². The molecule has 1 aromatic carbocycles. The molecule has 0 saturated carbocycles. The van der Waals surface area contributed by atoms with E-state index in [0.29, 0.717) is 31.1 Å². The quantitative estimate of drug-likeness (QED) is 0.333. The Kier molecular flexibility index (Phi) is 6.24. The Morgan fingerprint density at radius 2 is 1.96 bits per heavy atom. The predicted molar refractivity (Wildman–Crippen MR) is 90.9 cm³/mol. The molecule has 9 heteroatoms. The van der Waals surface area contributed by atoms with Crippen LogP contribution >= 0.6 is 0 Å². The fourth-order valence-electron chi connectivity index (χ4n) is 2.06. The van der Waals surface area contributed by atoms with Gasteiger partial charge in [-0.3, -0.25) is 20.5 Å². The van der Waals surface area contributed by atoms with Crippen molar-refractivity contribution >= 4 is 28.8 Å². The first-order chi connectivity index (χ1) is 11.6. The summed E-state index contributed by atoms with van der Waals surface area (Å²) in [7, 11) is 0. The molecule has 1 aliphatic rings. The molecule has 0 aromatic heterocycles. The topological polar surface area (TPSA) is 140 Å². The van der Waals surface area contributed by atoms with Crippen molar-refractivity contribution in [3.8, 4) is 6.07 Å². The average molecular weight is 329 g/mol. The molecule has 0 aliphatic carbocycles. The van der Waals surface area contributed by atoms with Crippen LogP contribution < -0.4 is 16.5 Å². The number of nitriles is 1. The normalized spacial score (nSPS) is 15.4. The summed E-state index contributed by atoms with van der Waals surface area (Å²) in [6.07, 6.45) is 0. The minimum atomic E-state index is -0.406. The molecule has 1 aromatic rings. The number of hydrazone groups is 1. The molecule has 2 rings (SSSR count). The fourth-order valence-corrected chi connectivity index (χ4v) is 2.06. The first-order valence-electron chi connectivity index (χ1n) is 7.36. The number of rotatable bonds is 6. The minimum Gasteiger partial charge on any atom is -0.382 e. The lowest BCUT2D eigenvalue weighted by atomic mass is 10.3. The zero-order valence-electron chi connectivity index (χ0n) is 13.1. The largest absolute Gasteiger partial charge is 0.382 e. The van der Waals surface area contributed by atoms with Gasteiger partial charge in [-0.25, -0.2) is 0 Å². The number of carbonyl (C=O) groups is 1. The second-order valence-corrected chi connectivity index (χ2v) is 5.11. The maximum Gasteiger partial charge on any atom is 0.238 e. The Morgan fingerprint density at radius 3 is 2.54 bits per heavy atom. The van der Waals surface area contributed by atoms with Crippen molar-refractivity contribution in [3.05, 3.63) is 24.3 Å². The highest BCUT2D eigenvalue weighted by Gasteiger charge is 2.14. The van der Waals surface area contributed by atoms with Crippen LogP contribution in [-0.2, 0) is 9.53 Å². The second-order valence-electron chi connectivity index (χ2n) is 5.11. The van der Waals surface area contributed by atoms with Crippen molar-refractivity contribution < 1.29 is 9.53 Å². The number of benzene rings is 1. The summed E-state index contributed by atoms with van der Waals surface area (Å²) in [4.78, 5) is 14.0. The number of nitrogens with two attached hydrogens (primary N) is 1. The lowest BCUT2D eigenvalue weighted by Crippen LogP contribution is -2.41. The summed E-state index contributed by atoms with van der Waals surface area (Å²) in [5.74, 6) is -0.490. The highest BCUT2D eigenvalue weighted by molar-refractivity contribution is 6.45. The highest BCUT2D eigenvalue weighted by atomic mass is 16.5. The van der Waals surface area contributed by atoms with E-state index in [9.17, 15) is 4.79 Å². The van der Waals surface area contributed by atoms with Crippen LogP contribution in [0.5, 0.6) is 0 Å². The molecule has 126 valence electrons. The number of morpholine rings is 1. The van der Waals surface area contributed by atoms with Crippen LogP contribution in [0, 0.1) is 16.7 Å². The monoisotopic (exact) mass is 329 g/mol. The van der Waals surface area contributed by atoms with E-state index in [1.165, 1.54) is 0 Å². The molecule has 1 saturated heterocycles. The van der Waals surface area contributed by atoms with Crippen LogP contribution in [0.15, 0.2) is 29.4 Å². The number of nitrogens with one attached hydrogen (secondary N) is 3. The first kappa shape index (κ1) is 17.4. The van der Waals surface area contributed by atoms with Crippen molar-refractivity contribution in [1.29, 1.82) is 10.7 Å². The van der Waals surface area contributed by atoms with Crippen LogP contribution in [0.4, 0.5) is 11.4 Å². The van der Waals surface area contributed by atoms with E-state index in [1.807, 2.05) is 4.90 Å². The molecular formula is C15H19N7O2. The summed E-state index contributed by atoms with van der Waals surface area (Å²) in [6, 6.07) is 8.54. The molecule has 5 N–H and O–H groups in total. The molecule has 0 unspecified atom stereocenters. The van der Waals surface area contributed by atoms with Gasteiger partial charge in [-0.2, -0.15) is 10.4 Å². The Balaban J connectivity index is 1.86. The van der Waals surface area contributed by atoms with Gasteiger partial charge in [0.15, 0.2) is 5.84 Å². The molecule has 9 nitrogen and oxygen atoms in total. The fraction of sp³-hybridized carbons (Fsp3) is 0.333. The van der Waals surface area contributed by atoms with Crippen molar-refractivity contribution in [1.82, 2.24) is 4.90 Å². The minimum absolute atomic E-state index is 0.0843. The number of carbonyl (C=O) groups excluding carboxylic acids is 1. The summed E-state index contributed by atoms with van der Waals surface area (Å²) >= 11 is 0. The van der Waals surface area contributed by atoms with E-state index in [2.05, 4.69) is 15.8 Å². The Morgan fingerprint density at radius 1 is 1.33 bits per heavy atom. The zero-order chi connectivity index (χ0) is 17.4. The van der Waals surface area contributed by atoms with E-state index in [4.69, 9.17) is 21.1 Å². The summed E-state index contributed by atoms with van der Waals surface area (Å²) in [5.41, 5.74) is 8.90. The van der Waals surface area contributed by atoms with Crippen LogP contribution in [0.3, 0.4) is 0 Å². The average Bonchev–Trinajstić information content (AvgIpc) is 2.57. The molecule has 1 aliphatic heterocycles. The Labute approximate surface area is 139 Å². The second kappa shape index (κ2) is 8.61. The maximum absolute atomic E-state index is 12.0. The van der Waals surface area contributed by atoms with Crippen LogP contribution in [0.25, 0.3) is 0 Å². The zero-order valence-corrected chi connectivity index (χ0v) is 13.1. The van der Waals surface area contributed by atoms with Gasteiger partial charge in [0.05, 0.1) is 25.4 Å². The molecule has 0 spiro atoms. The number of nitrogens with zero attached hydrogens (tertiary/aromatic N) is 3. The van der Waals surface area contributed by atoms with Gasteiger partial charge in [-0.1, -0.05) is 0 Å². The predicted octanol–water partition coefficient (Wildman–Crippen LogP) is 0.185. The number of hydrogen-bond donors (Lipinski definition) is 4. The summed E-state index contributed by atoms with van der Waals surface area (Å²) in [5, 5.41) is 22.5. The van der Waals surface area contributed by atoms with Gasteiger partial charge in [-0.15, -0.1) is 0 Å². The lowest BCUT2D eigenvalue weighted by Gasteiger charge is -2.25. The molecule has 1 heterocycles. The van der Waals surface area contributed by atoms with Crippen molar-refractivity contribution in [2.75, 3.05) is 43.6 Å². The highest BCUT2D eigenvalue weighted by Crippen LogP contribution is 2.13. The van der Waals surface area contributed by atoms with Crippen molar-refractivity contribution in [3.63, 3.8) is 0 Å². The van der Waals surface area contributed by atoms with Crippen LogP contribution in [0.2, 0.25) is 0 Å². The van der Waals surface area contributed by atoms with E-state index >= 15 is 0 Å². The number of ether oxygens (including phenoxy) is 1. The van der Waals surface area contributed by atoms with Crippen LogP contribution in [0.1, 0.15) is 0 Å². The smallest absolute Gasteiger partial charge is 0.238 e. The Bertz CT molecular complexity index is 657. The molecule has 0 radical (unpaired) electrons. The van der Waals surface area contributed by atoms with E-state index in [0.717, 1.165) is 13.1 Å². The number of anilines is 2. The van der Waals surface area contributed by atoms with Gasteiger partial charge in [0, 0.05) is 18.8 Å². The molecule has 24 heavy (non-hydrogen) atoms. The third-order valence-corrected chi connectivity index (χ3v) is 3.30. The lowest BCUT2D eigenvalue weighted by molar-refractivity contribution is -0.118. The molecule has 0 atom stereocenters. The van der Waals surface area contributed by atoms with Gasteiger partial charge in [-0.05, 0) is 24.3 Å². The van der Waals surface area contributed by atoms with Gasteiger partial charge in [0.1, 0.15) is 6.07 Å². The molecule has 0 bridgehead atoms. The third kappa shape index (κ3) is 5.35.